The Morgan fingerprint density at radius 3 is 2.86 bits per heavy atom. The lowest BCUT2D eigenvalue weighted by Gasteiger charge is -2.34. The molecule has 1 fully saturated rings. The Morgan fingerprint density at radius 2 is 2.14 bits per heavy atom. The number of carbonyl (C=O) groups is 1. The summed E-state index contributed by atoms with van der Waals surface area (Å²) < 4.78 is 6.36. The predicted octanol–water partition coefficient (Wildman–Crippen LogP) is 4.51. The Labute approximate surface area is 138 Å². The first-order valence-corrected chi connectivity index (χ1v) is 8.52. The number of amides is 1. The normalized spacial score (nSPS) is 18.5. The number of hydrogen-bond acceptors (Lipinski definition) is 3. The molecule has 0 N–H and O–H groups in total. The number of likely N-dealkylation sites (tertiary alicyclic amines) is 1. The summed E-state index contributed by atoms with van der Waals surface area (Å²) in [6, 6.07) is 9.83. The van der Waals surface area contributed by atoms with Gasteiger partial charge in [0.1, 0.15) is 0 Å². The number of carbonyl (C=O) groups excluding carboxylic acids is 1. The molecule has 5 heteroatoms. The van der Waals surface area contributed by atoms with Crippen molar-refractivity contribution >= 4 is 21.8 Å². The van der Waals surface area contributed by atoms with E-state index >= 15 is 0 Å². The molecule has 3 rings (SSSR count). The Morgan fingerprint density at radius 1 is 1.36 bits per heavy atom. The first-order chi connectivity index (χ1) is 10.7. The van der Waals surface area contributed by atoms with Crippen LogP contribution in [0, 0.1) is 0 Å². The lowest BCUT2D eigenvalue weighted by atomic mass is 9.99. The summed E-state index contributed by atoms with van der Waals surface area (Å²) in [6.45, 7) is 2.95. The van der Waals surface area contributed by atoms with Crippen molar-refractivity contribution < 1.29 is 9.32 Å². The van der Waals surface area contributed by atoms with E-state index in [1.54, 1.807) is 6.07 Å². The zero-order valence-corrected chi connectivity index (χ0v) is 14.2. The maximum absolute atomic E-state index is 12.7. The summed E-state index contributed by atoms with van der Waals surface area (Å²) in [6.07, 6.45) is 4.34. The van der Waals surface area contributed by atoms with Gasteiger partial charge in [-0.25, -0.2) is 0 Å². The fraction of sp³-hybridized carbons (Fsp3) is 0.412. The minimum atomic E-state index is -0.0151. The van der Waals surface area contributed by atoms with Crippen molar-refractivity contribution in [1.29, 1.82) is 0 Å². The van der Waals surface area contributed by atoms with E-state index in [1.807, 2.05) is 29.2 Å². The van der Waals surface area contributed by atoms with Crippen molar-refractivity contribution in [3.8, 4) is 11.3 Å². The van der Waals surface area contributed by atoms with Gasteiger partial charge in [0, 0.05) is 28.7 Å². The molecule has 1 saturated heterocycles. The van der Waals surface area contributed by atoms with Gasteiger partial charge in [0.05, 0.1) is 0 Å². The summed E-state index contributed by atoms with van der Waals surface area (Å²) >= 11 is 3.41. The molecule has 4 nitrogen and oxygen atoms in total. The van der Waals surface area contributed by atoms with E-state index in [0.717, 1.165) is 35.8 Å². The van der Waals surface area contributed by atoms with Gasteiger partial charge in [-0.15, -0.1) is 0 Å². The molecule has 2 aromatic rings. The lowest BCUT2D eigenvalue weighted by Crippen LogP contribution is -2.43. The molecule has 0 aliphatic carbocycles. The summed E-state index contributed by atoms with van der Waals surface area (Å²) in [7, 11) is 0. The van der Waals surface area contributed by atoms with Gasteiger partial charge in [-0.2, -0.15) is 0 Å². The average Bonchev–Trinajstić information content (AvgIpc) is 3.05. The van der Waals surface area contributed by atoms with Crippen LogP contribution in [-0.2, 0) is 0 Å². The molecule has 22 heavy (non-hydrogen) atoms. The third kappa shape index (κ3) is 3.09. The lowest BCUT2D eigenvalue weighted by molar-refractivity contribution is 0.0597. The van der Waals surface area contributed by atoms with E-state index in [0.29, 0.717) is 17.5 Å². The van der Waals surface area contributed by atoms with Crippen LogP contribution in [0.3, 0.4) is 0 Å². The summed E-state index contributed by atoms with van der Waals surface area (Å²) in [4.78, 5) is 14.6. The highest BCUT2D eigenvalue weighted by Crippen LogP contribution is 2.25. The zero-order valence-electron chi connectivity index (χ0n) is 12.6. The molecular formula is C17H19BrN2O2. The van der Waals surface area contributed by atoms with Gasteiger partial charge in [0.15, 0.2) is 11.5 Å². The molecule has 1 aromatic heterocycles. The van der Waals surface area contributed by atoms with E-state index in [4.69, 9.17) is 4.52 Å². The number of nitrogens with zero attached hydrogens (tertiary/aromatic N) is 2. The quantitative estimate of drug-likeness (QED) is 0.806. The molecule has 116 valence electrons. The second-order valence-electron chi connectivity index (χ2n) is 5.64. The van der Waals surface area contributed by atoms with Crippen LogP contribution in [0.5, 0.6) is 0 Å². The van der Waals surface area contributed by atoms with Gasteiger partial charge in [-0.05, 0) is 37.8 Å². The molecule has 1 aliphatic heterocycles. The van der Waals surface area contributed by atoms with Crippen LogP contribution in [0.1, 0.15) is 43.1 Å². The van der Waals surface area contributed by atoms with Crippen molar-refractivity contribution in [1.82, 2.24) is 10.1 Å². The van der Waals surface area contributed by atoms with Gasteiger partial charge in [0.2, 0.25) is 0 Å². The van der Waals surface area contributed by atoms with Crippen LogP contribution in [0.4, 0.5) is 0 Å². The summed E-state index contributed by atoms with van der Waals surface area (Å²) in [5.74, 6) is 0.611. The van der Waals surface area contributed by atoms with E-state index < -0.39 is 0 Å². The molecule has 0 saturated carbocycles. The van der Waals surface area contributed by atoms with E-state index in [9.17, 15) is 4.79 Å². The Bertz CT molecular complexity index is 651. The Hall–Kier alpha value is -1.62. The molecule has 2 heterocycles. The number of hydrogen-bond donors (Lipinski definition) is 0. The van der Waals surface area contributed by atoms with Crippen molar-refractivity contribution in [2.24, 2.45) is 0 Å². The summed E-state index contributed by atoms with van der Waals surface area (Å²) in [5, 5.41) is 3.98. The van der Waals surface area contributed by atoms with Crippen LogP contribution in [-0.4, -0.2) is 28.6 Å². The number of piperidine rings is 1. The average molecular weight is 363 g/mol. The fourth-order valence-corrected chi connectivity index (χ4v) is 3.23. The van der Waals surface area contributed by atoms with Crippen LogP contribution in [0.2, 0.25) is 0 Å². The van der Waals surface area contributed by atoms with Gasteiger partial charge < -0.3 is 9.42 Å². The Balaban J connectivity index is 1.80. The fourth-order valence-electron chi connectivity index (χ4n) is 2.97. The van der Waals surface area contributed by atoms with Crippen LogP contribution >= 0.6 is 15.9 Å². The summed E-state index contributed by atoms with van der Waals surface area (Å²) in [5.41, 5.74) is 1.32. The second kappa shape index (κ2) is 6.65. The van der Waals surface area contributed by atoms with Crippen molar-refractivity contribution in [2.45, 2.75) is 38.6 Å². The molecule has 0 bridgehead atoms. The van der Waals surface area contributed by atoms with Gasteiger partial charge in [-0.3, -0.25) is 4.79 Å². The van der Waals surface area contributed by atoms with Crippen LogP contribution in [0.15, 0.2) is 39.3 Å². The smallest absolute Gasteiger partial charge is 0.276 e. The van der Waals surface area contributed by atoms with Gasteiger partial charge >= 0.3 is 0 Å². The predicted molar refractivity (Wildman–Crippen MR) is 88.6 cm³/mol. The van der Waals surface area contributed by atoms with Gasteiger partial charge in [0.25, 0.3) is 5.91 Å². The second-order valence-corrected chi connectivity index (χ2v) is 6.56. The van der Waals surface area contributed by atoms with Gasteiger partial charge in [-0.1, -0.05) is 40.1 Å². The number of aromatic nitrogens is 1. The first kappa shape index (κ1) is 15.3. The maximum Gasteiger partial charge on any atom is 0.276 e. The van der Waals surface area contributed by atoms with Crippen molar-refractivity contribution in [3.63, 3.8) is 0 Å². The monoisotopic (exact) mass is 362 g/mol. The number of rotatable bonds is 3. The third-order valence-electron chi connectivity index (χ3n) is 4.22. The molecular weight excluding hydrogens is 344 g/mol. The zero-order chi connectivity index (χ0) is 15.5. The maximum atomic E-state index is 12.7. The minimum Gasteiger partial charge on any atom is -0.355 e. The molecule has 1 atom stereocenters. The molecule has 0 radical (unpaired) electrons. The molecule has 1 amide bonds. The highest BCUT2D eigenvalue weighted by molar-refractivity contribution is 9.10. The molecule has 0 unspecified atom stereocenters. The van der Waals surface area contributed by atoms with Crippen LogP contribution < -0.4 is 0 Å². The minimum absolute atomic E-state index is 0.0151. The highest BCUT2D eigenvalue weighted by atomic mass is 79.9. The molecule has 1 aromatic carbocycles. The standard InChI is InChI=1S/C17H19BrN2O2/c1-2-14-5-3-4-10-20(14)17(21)15-11-16(22-19-15)12-6-8-13(18)9-7-12/h6-9,11,14H,2-5,10H2,1H3/t14-/m1/s1. The van der Waals surface area contributed by atoms with E-state index in [2.05, 4.69) is 28.0 Å². The van der Waals surface area contributed by atoms with Crippen molar-refractivity contribution in [3.05, 3.63) is 40.5 Å². The molecule has 1 aliphatic rings. The van der Waals surface area contributed by atoms with Crippen LogP contribution in [0.25, 0.3) is 11.3 Å². The first-order valence-electron chi connectivity index (χ1n) is 7.72. The largest absolute Gasteiger partial charge is 0.355 e. The number of halogens is 1. The Kier molecular flexibility index (Phi) is 4.62. The van der Waals surface area contributed by atoms with Crippen molar-refractivity contribution in [2.75, 3.05) is 6.54 Å². The third-order valence-corrected chi connectivity index (χ3v) is 4.75. The topological polar surface area (TPSA) is 46.3 Å². The SMILES string of the molecule is CC[C@@H]1CCCCN1C(=O)c1cc(-c2ccc(Br)cc2)on1. The van der Waals surface area contributed by atoms with E-state index in [-0.39, 0.29) is 5.91 Å². The van der Waals surface area contributed by atoms with E-state index in [1.165, 1.54) is 6.42 Å². The molecule has 0 spiro atoms. The highest BCUT2D eigenvalue weighted by Gasteiger charge is 2.28. The number of benzene rings is 1.